The number of amides is 1. The summed E-state index contributed by atoms with van der Waals surface area (Å²) >= 11 is 0. The zero-order valence-electron chi connectivity index (χ0n) is 14.7. The zero-order chi connectivity index (χ0) is 18.8. The molecule has 1 aliphatic heterocycles. The van der Waals surface area contributed by atoms with Gasteiger partial charge in [-0.1, -0.05) is 24.3 Å². The number of anilines is 1. The Labute approximate surface area is 156 Å². The Morgan fingerprint density at radius 3 is 2.63 bits per heavy atom. The maximum absolute atomic E-state index is 14.2. The minimum atomic E-state index is -0.548. The quantitative estimate of drug-likeness (QED) is 0.745. The monoisotopic (exact) mass is 363 g/mol. The number of nitrogens with one attached hydrogen (secondary N) is 1. The van der Waals surface area contributed by atoms with Gasteiger partial charge >= 0.3 is 0 Å². The van der Waals surface area contributed by atoms with Gasteiger partial charge in [0.05, 0.1) is 24.1 Å². The molecule has 27 heavy (non-hydrogen) atoms. The summed E-state index contributed by atoms with van der Waals surface area (Å²) in [5.41, 5.74) is 2.39. The number of halogens is 1. The summed E-state index contributed by atoms with van der Waals surface area (Å²) in [6.45, 7) is 0.366. The summed E-state index contributed by atoms with van der Waals surface area (Å²) in [6.07, 6.45) is 1.09. The van der Waals surface area contributed by atoms with E-state index in [4.69, 9.17) is 4.74 Å². The van der Waals surface area contributed by atoms with Gasteiger partial charge in [-0.3, -0.25) is 9.78 Å². The van der Waals surface area contributed by atoms with Gasteiger partial charge in [0.15, 0.2) is 0 Å². The molecule has 136 valence electrons. The van der Waals surface area contributed by atoms with Crippen LogP contribution in [0.3, 0.4) is 0 Å². The van der Waals surface area contributed by atoms with Crippen LogP contribution >= 0.6 is 0 Å². The highest BCUT2D eigenvalue weighted by atomic mass is 19.1. The molecule has 5 nitrogen and oxygen atoms in total. The molecular formula is C21H18FN3O2. The molecule has 1 aromatic heterocycles. The average Bonchev–Trinajstić information content (AvgIpc) is 2.96. The Balaban J connectivity index is 1.67. The van der Waals surface area contributed by atoms with Gasteiger partial charge in [0.2, 0.25) is 0 Å². The van der Waals surface area contributed by atoms with Crippen LogP contribution in [-0.2, 0) is 6.54 Å². The van der Waals surface area contributed by atoms with E-state index in [2.05, 4.69) is 10.3 Å². The summed E-state index contributed by atoms with van der Waals surface area (Å²) in [7, 11) is 1.61. The number of carbonyl (C=O) groups excluding carboxylic acids is 1. The van der Waals surface area contributed by atoms with Gasteiger partial charge in [0.25, 0.3) is 5.91 Å². The van der Waals surface area contributed by atoms with Gasteiger partial charge in [-0.2, -0.15) is 0 Å². The van der Waals surface area contributed by atoms with Gasteiger partial charge in [-0.25, -0.2) is 4.39 Å². The summed E-state index contributed by atoms with van der Waals surface area (Å²) in [5.74, 6) is 0.235. The van der Waals surface area contributed by atoms with Crippen LogP contribution in [0.4, 0.5) is 10.1 Å². The summed E-state index contributed by atoms with van der Waals surface area (Å²) in [5, 5.41) is 3.13. The molecule has 0 saturated heterocycles. The molecule has 1 N–H and O–H groups in total. The fourth-order valence-electron chi connectivity index (χ4n) is 3.20. The summed E-state index contributed by atoms with van der Waals surface area (Å²) in [6, 6.07) is 17.4. The molecular weight excluding hydrogens is 345 g/mol. The third-order valence-corrected chi connectivity index (χ3v) is 4.58. The van der Waals surface area contributed by atoms with E-state index < -0.39 is 6.17 Å². The Hall–Kier alpha value is -3.41. The first-order valence-electron chi connectivity index (χ1n) is 8.57. The van der Waals surface area contributed by atoms with E-state index in [1.54, 1.807) is 48.5 Å². The van der Waals surface area contributed by atoms with Crippen LogP contribution in [0, 0.1) is 5.82 Å². The van der Waals surface area contributed by atoms with Crippen molar-refractivity contribution in [2.75, 3.05) is 12.4 Å². The van der Waals surface area contributed by atoms with Gasteiger partial charge in [-0.05, 0) is 42.0 Å². The molecule has 1 amide bonds. The average molecular weight is 363 g/mol. The standard InChI is InChI=1S/C21H18FN3O2/c1-27-15-10-8-14(9-11-15)13-25-20(24-18-7-3-2-6-17(18)22)19-16(21(25)26)5-4-12-23-19/h2-12,20,24H,13H2,1H3/t20-/m1/s1. The molecule has 0 bridgehead atoms. The molecule has 3 aromatic rings. The van der Waals surface area contributed by atoms with Crippen molar-refractivity contribution < 1.29 is 13.9 Å². The van der Waals surface area contributed by atoms with Crippen LogP contribution in [0.2, 0.25) is 0 Å². The van der Waals surface area contributed by atoms with Crippen molar-refractivity contribution in [3.8, 4) is 5.75 Å². The number of ether oxygens (including phenoxy) is 1. The predicted octanol–water partition coefficient (Wildman–Crippen LogP) is 4.00. The van der Waals surface area contributed by atoms with Gasteiger partial charge in [0, 0.05) is 12.7 Å². The van der Waals surface area contributed by atoms with E-state index in [9.17, 15) is 9.18 Å². The number of fused-ring (bicyclic) bond motifs is 1. The highest BCUT2D eigenvalue weighted by molar-refractivity contribution is 5.98. The summed E-state index contributed by atoms with van der Waals surface area (Å²) < 4.78 is 19.3. The van der Waals surface area contributed by atoms with Crippen LogP contribution < -0.4 is 10.1 Å². The second-order valence-corrected chi connectivity index (χ2v) is 6.24. The van der Waals surface area contributed by atoms with Crippen molar-refractivity contribution in [1.29, 1.82) is 0 Å². The molecule has 4 rings (SSSR count). The lowest BCUT2D eigenvalue weighted by Crippen LogP contribution is -2.32. The van der Waals surface area contributed by atoms with Crippen molar-refractivity contribution in [3.63, 3.8) is 0 Å². The normalized spacial score (nSPS) is 15.6. The third kappa shape index (κ3) is 3.21. The number of benzene rings is 2. The molecule has 0 aliphatic carbocycles. The molecule has 2 aromatic carbocycles. The zero-order valence-corrected chi connectivity index (χ0v) is 14.7. The van der Waals surface area contributed by atoms with E-state index in [-0.39, 0.29) is 11.7 Å². The summed E-state index contributed by atoms with van der Waals surface area (Å²) in [4.78, 5) is 19.0. The van der Waals surface area contributed by atoms with Crippen LogP contribution in [0.1, 0.15) is 27.8 Å². The number of hydrogen-bond donors (Lipinski definition) is 1. The maximum Gasteiger partial charge on any atom is 0.258 e. The molecule has 0 unspecified atom stereocenters. The smallest absolute Gasteiger partial charge is 0.258 e. The predicted molar refractivity (Wildman–Crippen MR) is 99.9 cm³/mol. The number of hydrogen-bond acceptors (Lipinski definition) is 4. The minimum absolute atomic E-state index is 0.136. The number of rotatable bonds is 5. The first-order chi connectivity index (χ1) is 13.2. The van der Waals surface area contributed by atoms with Gasteiger partial charge in [-0.15, -0.1) is 0 Å². The Bertz CT molecular complexity index is 975. The maximum atomic E-state index is 14.2. The minimum Gasteiger partial charge on any atom is -0.497 e. The first kappa shape index (κ1) is 17.0. The van der Waals surface area contributed by atoms with Crippen molar-refractivity contribution in [2.24, 2.45) is 0 Å². The molecule has 0 radical (unpaired) electrons. The number of aromatic nitrogens is 1. The number of carbonyl (C=O) groups is 1. The van der Waals surface area contributed by atoms with E-state index in [0.29, 0.717) is 23.5 Å². The SMILES string of the molecule is COc1ccc(CN2C(=O)c3cccnc3[C@@H]2Nc2ccccc2F)cc1. The first-order valence-corrected chi connectivity index (χ1v) is 8.57. The fourth-order valence-corrected chi connectivity index (χ4v) is 3.20. The van der Waals surface area contributed by atoms with E-state index >= 15 is 0 Å². The highest BCUT2D eigenvalue weighted by Crippen LogP contribution is 2.34. The van der Waals surface area contributed by atoms with Crippen LogP contribution in [0.25, 0.3) is 0 Å². The van der Waals surface area contributed by atoms with Gasteiger partial charge < -0.3 is 15.0 Å². The number of nitrogens with zero attached hydrogens (tertiary/aromatic N) is 2. The van der Waals surface area contributed by atoms with E-state index in [0.717, 1.165) is 11.3 Å². The lowest BCUT2D eigenvalue weighted by atomic mass is 10.2. The second-order valence-electron chi connectivity index (χ2n) is 6.24. The lowest BCUT2D eigenvalue weighted by Gasteiger charge is -2.26. The molecule has 0 saturated carbocycles. The molecule has 2 heterocycles. The molecule has 1 aliphatic rings. The Morgan fingerprint density at radius 2 is 1.89 bits per heavy atom. The Morgan fingerprint density at radius 1 is 1.11 bits per heavy atom. The van der Waals surface area contributed by atoms with Crippen LogP contribution in [-0.4, -0.2) is 22.9 Å². The molecule has 1 atom stereocenters. The van der Waals surface area contributed by atoms with Crippen molar-refractivity contribution in [2.45, 2.75) is 12.7 Å². The molecule has 6 heteroatoms. The largest absolute Gasteiger partial charge is 0.497 e. The number of methoxy groups -OCH3 is 1. The van der Waals surface area contributed by atoms with E-state index in [1.807, 2.05) is 24.3 Å². The lowest BCUT2D eigenvalue weighted by molar-refractivity contribution is 0.0727. The highest BCUT2D eigenvalue weighted by Gasteiger charge is 2.38. The van der Waals surface area contributed by atoms with Crippen molar-refractivity contribution in [3.05, 3.63) is 89.5 Å². The number of para-hydroxylation sites is 1. The van der Waals surface area contributed by atoms with Crippen molar-refractivity contribution >= 4 is 11.6 Å². The number of pyridine rings is 1. The van der Waals surface area contributed by atoms with Gasteiger partial charge in [0.1, 0.15) is 17.7 Å². The topological polar surface area (TPSA) is 54.5 Å². The third-order valence-electron chi connectivity index (χ3n) is 4.58. The van der Waals surface area contributed by atoms with Crippen LogP contribution in [0.5, 0.6) is 5.75 Å². The molecule has 0 spiro atoms. The second kappa shape index (κ2) is 7.07. The van der Waals surface area contributed by atoms with Crippen LogP contribution in [0.15, 0.2) is 66.9 Å². The fraction of sp³-hybridized carbons (Fsp3) is 0.143. The Kier molecular flexibility index (Phi) is 4.46. The molecule has 0 fully saturated rings. The van der Waals surface area contributed by atoms with Crippen molar-refractivity contribution in [1.82, 2.24) is 9.88 Å². The van der Waals surface area contributed by atoms with E-state index in [1.165, 1.54) is 6.07 Å².